The summed E-state index contributed by atoms with van der Waals surface area (Å²) in [6.45, 7) is 7.87. The number of hydrogen-bond acceptors (Lipinski definition) is 2. The van der Waals surface area contributed by atoms with Crippen LogP contribution in [0.3, 0.4) is 0 Å². The normalized spacial score (nSPS) is 14.4. The molecule has 1 fully saturated rings. The Balaban J connectivity index is 0.000000151. The Labute approximate surface area is 89.3 Å². The minimum absolute atomic E-state index is 0.208. The average molecular weight is 205 g/mol. The van der Waals surface area contributed by atoms with Gasteiger partial charge in [-0.1, -0.05) is 13.2 Å². The Morgan fingerprint density at radius 2 is 2.33 bits per heavy atom. The van der Waals surface area contributed by atoms with E-state index in [1.807, 2.05) is 0 Å². The van der Waals surface area contributed by atoms with Crippen molar-refractivity contribution in [3.8, 4) is 0 Å². The zero-order valence-corrected chi connectivity index (χ0v) is 8.65. The van der Waals surface area contributed by atoms with Crippen LogP contribution in [-0.4, -0.2) is 27.3 Å². The number of aromatic amines is 1. The number of nitrogens with one attached hydrogen (secondary N) is 1. The molecule has 1 amide bonds. The first kappa shape index (κ1) is 11.2. The minimum Gasteiger partial charge on any atom is -0.345 e. The van der Waals surface area contributed by atoms with Crippen molar-refractivity contribution in [2.75, 3.05) is 6.54 Å². The molecule has 0 radical (unpaired) electrons. The number of imidazole rings is 1. The maximum absolute atomic E-state index is 10.7. The van der Waals surface area contributed by atoms with Crippen molar-refractivity contribution in [2.24, 2.45) is 0 Å². The molecule has 15 heavy (non-hydrogen) atoms. The van der Waals surface area contributed by atoms with Crippen molar-refractivity contribution in [2.45, 2.75) is 12.8 Å². The summed E-state index contributed by atoms with van der Waals surface area (Å²) in [6.07, 6.45) is 8.40. The van der Waals surface area contributed by atoms with Crippen molar-refractivity contribution in [1.29, 1.82) is 0 Å². The Morgan fingerprint density at radius 1 is 1.53 bits per heavy atom. The molecule has 2 heterocycles. The van der Waals surface area contributed by atoms with Crippen molar-refractivity contribution in [3.05, 3.63) is 37.6 Å². The van der Waals surface area contributed by atoms with Crippen LogP contribution in [-0.2, 0) is 4.79 Å². The fraction of sp³-hybridized carbons (Fsp3) is 0.273. The third kappa shape index (κ3) is 3.42. The summed E-state index contributed by atoms with van der Waals surface area (Å²) in [5, 5.41) is 0. The highest BCUT2D eigenvalue weighted by atomic mass is 16.2. The summed E-state index contributed by atoms with van der Waals surface area (Å²) < 4.78 is 0. The molecule has 1 saturated heterocycles. The molecule has 0 unspecified atom stereocenters. The molecule has 0 aromatic carbocycles. The highest BCUT2D eigenvalue weighted by Gasteiger charge is 2.15. The first-order valence-corrected chi connectivity index (χ1v) is 4.81. The number of rotatable bonds is 2. The molecule has 0 aliphatic carbocycles. The number of likely N-dealkylation sites (tertiary alicyclic amines) is 1. The standard InChI is InChI=1S/C6H9NO.C5H6N2/c1-2-7-5-3-4-6(7)8;1-2-5-6-3-4-7-5/h2H,1,3-5H2;2-4H,1H2,(H,6,7). The molecule has 0 saturated carbocycles. The monoisotopic (exact) mass is 205 g/mol. The summed E-state index contributed by atoms with van der Waals surface area (Å²) in [5.74, 6) is 1.03. The fourth-order valence-electron chi connectivity index (χ4n) is 1.25. The molecule has 1 aromatic heterocycles. The Hall–Kier alpha value is -1.84. The van der Waals surface area contributed by atoms with Gasteiger partial charge in [-0.3, -0.25) is 4.79 Å². The van der Waals surface area contributed by atoms with Crippen LogP contribution in [0.4, 0.5) is 0 Å². The first-order valence-electron chi connectivity index (χ1n) is 4.81. The number of nitrogens with zero attached hydrogens (tertiary/aromatic N) is 2. The molecule has 1 aromatic rings. The Bertz CT molecular complexity index is 330. The maximum atomic E-state index is 10.7. The zero-order chi connectivity index (χ0) is 11.1. The van der Waals surface area contributed by atoms with E-state index in [1.54, 1.807) is 29.6 Å². The van der Waals surface area contributed by atoms with Gasteiger partial charge in [0.05, 0.1) is 0 Å². The largest absolute Gasteiger partial charge is 0.345 e. The van der Waals surface area contributed by atoms with E-state index in [2.05, 4.69) is 23.1 Å². The van der Waals surface area contributed by atoms with Gasteiger partial charge in [-0.2, -0.15) is 0 Å². The molecular weight excluding hydrogens is 190 g/mol. The molecule has 4 nitrogen and oxygen atoms in total. The summed E-state index contributed by atoms with van der Waals surface area (Å²) in [6, 6.07) is 0. The lowest BCUT2D eigenvalue weighted by atomic mass is 10.4. The van der Waals surface area contributed by atoms with Crippen molar-refractivity contribution >= 4 is 12.0 Å². The molecule has 1 aliphatic heterocycles. The topological polar surface area (TPSA) is 49.0 Å². The average Bonchev–Trinajstić information content (AvgIpc) is 2.88. The lowest BCUT2D eigenvalue weighted by Crippen LogP contribution is -2.16. The Kier molecular flexibility index (Phi) is 4.34. The smallest absolute Gasteiger partial charge is 0.226 e. The quantitative estimate of drug-likeness (QED) is 0.800. The van der Waals surface area contributed by atoms with E-state index in [0.717, 1.165) is 18.8 Å². The van der Waals surface area contributed by atoms with Gasteiger partial charge in [-0.15, -0.1) is 0 Å². The highest BCUT2D eigenvalue weighted by Crippen LogP contribution is 2.08. The third-order valence-electron chi connectivity index (χ3n) is 2.04. The van der Waals surface area contributed by atoms with Crippen LogP contribution in [0, 0.1) is 0 Å². The van der Waals surface area contributed by atoms with Gasteiger partial charge >= 0.3 is 0 Å². The lowest BCUT2D eigenvalue weighted by molar-refractivity contribution is -0.125. The van der Waals surface area contributed by atoms with Gasteiger partial charge in [0.2, 0.25) is 5.91 Å². The molecular formula is C11H15N3O. The van der Waals surface area contributed by atoms with Crippen LogP contribution in [0.1, 0.15) is 18.7 Å². The van der Waals surface area contributed by atoms with Crippen LogP contribution < -0.4 is 0 Å². The van der Waals surface area contributed by atoms with Crippen LogP contribution >= 0.6 is 0 Å². The van der Waals surface area contributed by atoms with Gasteiger partial charge in [-0.05, 0) is 18.7 Å². The molecule has 2 rings (SSSR count). The molecule has 80 valence electrons. The predicted octanol–water partition coefficient (Wildman–Crippen LogP) is 1.80. The number of carbonyl (C=O) groups excluding carboxylic acids is 1. The fourth-order valence-corrected chi connectivity index (χ4v) is 1.25. The number of amides is 1. The van der Waals surface area contributed by atoms with Gasteiger partial charge in [0.15, 0.2) is 0 Å². The SMILES string of the molecule is C=CN1CCCC1=O.C=Cc1ncc[nH]1. The second kappa shape index (κ2) is 5.80. The number of H-pyrrole nitrogens is 1. The maximum Gasteiger partial charge on any atom is 0.226 e. The van der Waals surface area contributed by atoms with Crippen LogP contribution in [0.5, 0.6) is 0 Å². The van der Waals surface area contributed by atoms with E-state index in [9.17, 15) is 4.79 Å². The van der Waals surface area contributed by atoms with Crippen LogP contribution in [0.15, 0.2) is 31.8 Å². The minimum atomic E-state index is 0.208. The molecule has 0 bridgehead atoms. The van der Waals surface area contributed by atoms with Gasteiger partial charge in [-0.25, -0.2) is 4.98 Å². The molecule has 0 atom stereocenters. The summed E-state index contributed by atoms with van der Waals surface area (Å²) in [4.78, 5) is 19.0. The van der Waals surface area contributed by atoms with Gasteiger partial charge in [0.25, 0.3) is 0 Å². The van der Waals surface area contributed by atoms with E-state index in [1.165, 1.54) is 0 Å². The van der Waals surface area contributed by atoms with Gasteiger partial charge in [0, 0.05) is 25.4 Å². The van der Waals surface area contributed by atoms with Crippen molar-refractivity contribution < 1.29 is 4.79 Å². The number of aromatic nitrogens is 2. The number of hydrogen-bond donors (Lipinski definition) is 1. The van der Waals surface area contributed by atoms with E-state index in [0.29, 0.717) is 6.42 Å². The second-order valence-electron chi connectivity index (χ2n) is 3.05. The molecule has 4 heteroatoms. The summed E-state index contributed by atoms with van der Waals surface area (Å²) >= 11 is 0. The van der Waals surface area contributed by atoms with E-state index >= 15 is 0 Å². The van der Waals surface area contributed by atoms with Crippen LogP contribution in [0.25, 0.3) is 6.08 Å². The summed E-state index contributed by atoms with van der Waals surface area (Å²) in [7, 11) is 0. The molecule has 0 spiro atoms. The number of carbonyl (C=O) groups is 1. The lowest BCUT2D eigenvalue weighted by Gasteiger charge is -2.05. The predicted molar refractivity (Wildman–Crippen MR) is 59.8 cm³/mol. The Morgan fingerprint density at radius 3 is 2.60 bits per heavy atom. The van der Waals surface area contributed by atoms with Gasteiger partial charge in [0.1, 0.15) is 5.82 Å². The molecule has 1 aliphatic rings. The second-order valence-corrected chi connectivity index (χ2v) is 3.05. The van der Waals surface area contributed by atoms with Crippen molar-refractivity contribution in [1.82, 2.24) is 14.9 Å². The van der Waals surface area contributed by atoms with Crippen molar-refractivity contribution in [3.63, 3.8) is 0 Å². The first-order chi connectivity index (χ1) is 7.27. The zero-order valence-electron chi connectivity index (χ0n) is 8.65. The van der Waals surface area contributed by atoms with Crippen LogP contribution in [0.2, 0.25) is 0 Å². The van der Waals surface area contributed by atoms with E-state index < -0.39 is 0 Å². The highest BCUT2D eigenvalue weighted by molar-refractivity contribution is 5.78. The van der Waals surface area contributed by atoms with Gasteiger partial charge < -0.3 is 9.88 Å². The summed E-state index contributed by atoms with van der Waals surface area (Å²) in [5.41, 5.74) is 0. The third-order valence-corrected chi connectivity index (χ3v) is 2.04. The molecule has 1 N–H and O–H groups in total. The van der Waals surface area contributed by atoms with E-state index in [4.69, 9.17) is 0 Å². The van der Waals surface area contributed by atoms with E-state index in [-0.39, 0.29) is 5.91 Å².